The van der Waals surface area contributed by atoms with Crippen LogP contribution in [0.25, 0.3) is 0 Å². The zero-order valence-electron chi connectivity index (χ0n) is 9.37. The molecule has 0 unspecified atom stereocenters. The minimum Gasteiger partial charge on any atom is -0.321 e. The highest BCUT2D eigenvalue weighted by Crippen LogP contribution is 2.24. The van der Waals surface area contributed by atoms with Gasteiger partial charge in [0.05, 0.1) is 16.8 Å². The number of hydrogen-bond acceptors (Lipinski definition) is 3. The van der Waals surface area contributed by atoms with Crippen LogP contribution in [0.5, 0.6) is 0 Å². The Bertz CT molecular complexity index is 383. The predicted molar refractivity (Wildman–Crippen MR) is 71.0 cm³/mol. The van der Waals surface area contributed by atoms with E-state index in [0.717, 1.165) is 5.75 Å². The molecule has 0 aromatic heterocycles. The summed E-state index contributed by atoms with van der Waals surface area (Å²) in [5.41, 5.74) is 5.65. The van der Waals surface area contributed by atoms with Crippen LogP contribution in [0.4, 0.5) is 10.1 Å². The molecule has 0 radical (unpaired) electrons. The Morgan fingerprint density at radius 3 is 2.94 bits per heavy atom. The molecule has 1 aromatic carbocycles. The SMILES string of the molecule is CSCC[C@H](N)C(=O)Nc1c(F)cccc1Cl. The zero-order valence-corrected chi connectivity index (χ0v) is 10.9. The van der Waals surface area contributed by atoms with Gasteiger partial charge in [-0.1, -0.05) is 17.7 Å². The number of hydrogen-bond donors (Lipinski definition) is 2. The molecule has 94 valence electrons. The molecule has 3 nitrogen and oxygen atoms in total. The van der Waals surface area contributed by atoms with Crippen molar-refractivity contribution in [1.29, 1.82) is 0 Å². The Hall–Kier alpha value is -0.780. The molecule has 0 aliphatic rings. The number of anilines is 1. The monoisotopic (exact) mass is 276 g/mol. The van der Waals surface area contributed by atoms with Gasteiger partial charge in [-0.25, -0.2) is 4.39 Å². The number of carbonyl (C=O) groups is 1. The fourth-order valence-electron chi connectivity index (χ4n) is 1.21. The average molecular weight is 277 g/mol. The van der Waals surface area contributed by atoms with Crippen LogP contribution in [-0.4, -0.2) is 24.0 Å². The highest BCUT2D eigenvalue weighted by molar-refractivity contribution is 7.98. The van der Waals surface area contributed by atoms with E-state index in [9.17, 15) is 9.18 Å². The molecule has 0 saturated carbocycles. The number of carbonyl (C=O) groups excluding carboxylic acids is 1. The van der Waals surface area contributed by atoms with Gasteiger partial charge in [0, 0.05) is 0 Å². The van der Waals surface area contributed by atoms with Crippen molar-refractivity contribution < 1.29 is 9.18 Å². The van der Waals surface area contributed by atoms with Gasteiger partial charge in [0.25, 0.3) is 0 Å². The summed E-state index contributed by atoms with van der Waals surface area (Å²) < 4.78 is 13.4. The van der Waals surface area contributed by atoms with Gasteiger partial charge < -0.3 is 11.1 Å². The summed E-state index contributed by atoms with van der Waals surface area (Å²) in [5, 5.41) is 2.57. The Labute approximate surface area is 109 Å². The third-order valence-electron chi connectivity index (χ3n) is 2.18. The fraction of sp³-hybridized carbons (Fsp3) is 0.364. The third-order valence-corrected chi connectivity index (χ3v) is 3.14. The van der Waals surface area contributed by atoms with Crippen molar-refractivity contribution >= 4 is 35.0 Å². The van der Waals surface area contributed by atoms with Gasteiger partial charge in [0.15, 0.2) is 0 Å². The molecule has 1 amide bonds. The summed E-state index contributed by atoms with van der Waals surface area (Å²) in [6.45, 7) is 0. The van der Waals surface area contributed by atoms with Crippen LogP contribution in [0.1, 0.15) is 6.42 Å². The summed E-state index contributed by atoms with van der Waals surface area (Å²) in [6.07, 6.45) is 2.47. The molecule has 0 aliphatic heterocycles. The van der Waals surface area contributed by atoms with Gasteiger partial charge in [-0.2, -0.15) is 11.8 Å². The lowest BCUT2D eigenvalue weighted by molar-refractivity contribution is -0.117. The Kier molecular flexibility index (Phi) is 5.74. The van der Waals surface area contributed by atoms with Crippen molar-refractivity contribution in [2.45, 2.75) is 12.5 Å². The lowest BCUT2D eigenvalue weighted by Crippen LogP contribution is -2.36. The maximum absolute atomic E-state index is 13.4. The summed E-state index contributed by atoms with van der Waals surface area (Å²) in [5.74, 6) is -0.214. The molecule has 0 saturated heterocycles. The van der Waals surface area contributed by atoms with Crippen molar-refractivity contribution in [1.82, 2.24) is 0 Å². The summed E-state index contributed by atoms with van der Waals surface area (Å²) in [7, 11) is 0. The standard InChI is InChI=1S/C11H14ClFN2OS/c1-17-6-5-9(14)11(16)15-10-7(12)3-2-4-8(10)13/h2-4,9H,5-6,14H2,1H3,(H,15,16)/t9-/m0/s1. The minimum atomic E-state index is -0.655. The second-order valence-corrected chi connectivity index (χ2v) is 4.87. The Morgan fingerprint density at radius 1 is 1.65 bits per heavy atom. The zero-order chi connectivity index (χ0) is 12.8. The Morgan fingerprint density at radius 2 is 2.35 bits per heavy atom. The number of nitrogens with one attached hydrogen (secondary N) is 1. The molecule has 0 spiro atoms. The summed E-state index contributed by atoms with van der Waals surface area (Å²) in [6, 6.07) is 3.56. The van der Waals surface area contributed by atoms with Crippen LogP contribution in [0.2, 0.25) is 5.02 Å². The highest BCUT2D eigenvalue weighted by atomic mass is 35.5. The van der Waals surface area contributed by atoms with Crippen LogP contribution >= 0.6 is 23.4 Å². The van der Waals surface area contributed by atoms with Gasteiger partial charge in [-0.05, 0) is 30.6 Å². The summed E-state index contributed by atoms with van der Waals surface area (Å²) in [4.78, 5) is 11.7. The molecule has 1 aromatic rings. The van der Waals surface area contributed by atoms with E-state index < -0.39 is 17.8 Å². The van der Waals surface area contributed by atoms with E-state index >= 15 is 0 Å². The van der Waals surface area contributed by atoms with Crippen LogP contribution in [0.15, 0.2) is 18.2 Å². The molecule has 0 aliphatic carbocycles. The van der Waals surface area contributed by atoms with Gasteiger partial charge in [0.1, 0.15) is 5.82 Å². The highest BCUT2D eigenvalue weighted by Gasteiger charge is 2.16. The number of rotatable bonds is 5. The molecular formula is C11H14ClFN2OS. The maximum Gasteiger partial charge on any atom is 0.241 e. The van der Waals surface area contributed by atoms with E-state index in [0.29, 0.717) is 6.42 Å². The van der Waals surface area contributed by atoms with E-state index in [2.05, 4.69) is 5.32 Å². The van der Waals surface area contributed by atoms with Crippen molar-refractivity contribution in [3.05, 3.63) is 29.0 Å². The van der Waals surface area contributed by atoms with Crippen LogP contribution in [-0.2, 0) is 4.79 Å². The number of halogens is 2. The number of nitrogens with two attached hydrogens (primary N) is 1. The van der Waals surface area contributed by atoms with E-state index in [1.54, 1.807) is 11.8 Å². The van der Waals surface area contributed by atoms with Crippen LogP contribution < -0.4 is 11.1 Å². The third kappa shape index (κ3) is 4.18. The van der Waals surface area contributed by atoms with E-state index in [4.69, 9.17) is 17.3 Å². The molecule has 0 heterocycles. The molecule has 0 fully saturated rings. The first kappa shape index (κ1) is 14.3. The Balaban J connectivity index is 2.68. The molecule has 1 rings (SSSR count). The first-order valence-corrected chi connectivity index (χ1v) is 6.83. The quantitative estimate of drug-likeness (QED) is 0.869. The largest absolute Gasteiger partial charge is 0.321 e. The molecule has 3 N–H and O–H groups in total. The smallest absolute Gasteiger partial charge is 0.241 e. The molecule has 17 heavy (non-hydrogen) atoms. The number of para-hydroxylation sites is 1. The van der Waals surface area contributed by atoms with Crippen molar-refractivity contribution in [3.8, 4) is 0 Å². The average Bonchev–Trinajstić information content (AvgIpc) is 2.30. The van der Waals surface area contributed by atoms with Crippen molar-refractivity contribution in [3.63, 3.8) is 0 Å². The fourth-order valence-corrected chi connectivity index (χ4v) is 1.91. The lowest BCUT2D eigenvalue weighted by atomic mass is 10.2. The normalized spacial score (nSPS) is 12.2. The number of benzene rings is 1. The molecular weight excluding hydrogens is 263 g/mol. The molecule has 1 atom stereocenters. The van der Waals surface area contributed by atoms with Gasteiger partial charge in [-0.15, -0.1) is 0 Å². The summed E-state index contributed by atoms with van der Waals surface area (Å²) >= 11 is 7.38. The van der Waals surface area contributed by atoms with Crippen LogP contribution in [0.3, 0.4) is 0 Å². The molecule has 6 heteroatoms. The first-order valence-electron chi connectivity index (χ1n) is 5.05. The first-order chi connectivity index (χ1) is 8.06. The van der Waals surface area contributed by atoms with Crippen molar-refractivity contribution in [2.75, 3.05) is 17.3 Å². The molecule has 0 bridgehead atoms. The predicted octanol–water partition coefficient (Wildman–Crippen LogP) is 2.50. The van der Waals surface area contributed by atoms with Gasteiger partial charge in [0.2, 0.25) is 5.91 Å². The van der Waals surface area contributed by atoms with Crippen LogP contribution in [0, 0.1) is 5.82 Å². The topological polar surface area (TPSA) is 55.1 Å². The second-order valence-electron chi connectivity index (χ2n) is 3.47. The minimum absolute atomic E-state index is 0.0150. The van der Waals surface area contributed by atoms with Gasteiger partial charge in [-0.3, -0.25) is 4.79 Å². The number of thioether (sulfide) groups is 1. The lowest BCUT2D eigenvalue weighted by Gasteiger charge is -2.13. The maximum atomic E-state index is 13.4. The second kappa shape index (κ2) is 6.83. The van der Waals surface area contributed by atoms with E-state index in [1.165, 1.54) is 18.2 Å². The van der Waals surface area contributed by atoms with Gasteiger partial charge >= 0.3 is 0 Å². The van der Waals surface area contributed by atoms with E-state index in [1.807, 2.05) is 6.26 Å². The van der Waals surface area contributed by atoms with Crippen molar-refractivity contribution in [2.24, 2.45) is 5.73 Å². The number of amides is 1. The van der Waals surface area contributed by atoms with E-state index in [-0.39, 0.29) is 10.7 Å².